The van der Waals surface area contributed by atoms with E-state index in [0.29, 0.717) is 18.4 Å². The quantitative estimate of drug-likeness (QED) is 0.671. The Morgan fingerprint density at radius 2 is 2.06 bits per heavy atom. The number of amides is 1. The summed E-state index contributed by atoms with van der Waals surface area (Å²) in [6, 6.07) is 0.388. The van der Waals surface area contributed by atoms with E-state index in [1.165, 1.54) is 25.7 Å². The molecule has 1 aliphatic heterocycles. The zero-order valence-electron chi connectivity index (χ0n) is 11.4. The van der Waals surface area contributed by atoms with Gasteiger partial charge in [0.25, 0.3) is 0 Å². The van der Waals surface area contributed by atoms with Crippen LogP contribution < -0.4 is 10.6 Å². The van der Waals surface area contributed by atoms with E-state index in [-0.39, 0.29) is 5.91 Å². The highest BCUT2D eigenvalue weighted by Gasteiger charge is 2.21. The van der Waals surface area contributed by atoms with Gasteiger partial charge in [0.15, 0.2) is 0 Å². The summed E-state index contributed by atoms with van der Waals surface area (Å²) in [6.07, 6.45) is 7.86. The predicted molar refractivity (Wildman–Crippen MR) is 72.0 cm³/mol. The van der Waals surface area contributed by atoms with Crippen LogP contribution in [0.25, 0.3) is 0 Å². The number of hydrogen-bond acceptors (Lipinski definition) is 2. The highest BCUT2D eigenvalue weighted by molar-refractivity contribution is 5.76. The third-order valence-electron chi connectivity index (χ3n) is 3.64. The van der Waals surface area contributed by atoms with E-state index in [1.807, 2.05) is 0 Å². The Kier molecular flexibility index (Phi) is 7.25. The monoisotopic (exact) mass is 240 g/mol. The largest absolute Gasteiger partial charge is 0.353 e. The molecule has 0 radical (unpaired) electrons. The van der Waals surface area contributed by atoms with E-state index >= 15 is 0 Å². The predicted octanol–water partition coefficient (Wildman–Crippen LogP) is 2.46. The molecule has 100 valence electrons. The number of piperidine rings is 1. The fourth-order valence-electron chi connectivity index (χ4n) is 2.40. The van der Waals surface area contributed by atoms with Gasteiger partial charge in [-0.15, -0.1) is 0 Å². The van der Waals surface area contributed by atoms with Crippen LogP contribution in [0.2, 0.25) is 0 Å². The minimum absolute atomic E-state index is 0.250. The van der Waals surface area contributed by atoms with Crippen molar-refractivity contribution in [3.63, 3.8) is 0 Å². The molecule has 0 aliphatic carbocycles. The van der Waals surface area contributed by atoms with Crippen LogP contribution in [-0.4, -0.2) is 25.0 Å². The molecule has 3 nitrogen and oxygen atoms in total. The second kappa shape index (κ2) is 8.51. The second-order valence-corrected chi connectivity index (χ2v) is 5.31. The Bertz CT molecular complexity index is 218. The number of hydrogen-bond donors (Lipinski definition) is 2. The first-order chi connectivity index (χ1) is 8.24. The number of carbonyl (C=O) groups is 1. The van der Waals surface area contributed by atoms with E-state index in [9.17, 15) is 4.79 Å². The van der Waals surface area contributed by atoms with Crippen LogP contribution in [-0.2, 0) is 4.79 Å². The Morgan fingerprint density at radius 1 is 1.29 bits per heavy atom. The van der Waals surface area contributed by atoms with E-state index in [1.54, 1.807) is 0 Å². The maximum absolute atomic E-state index is 11.8. The van der Waals surface area contributed by atoms with Gasteiger partial charge in [0.05, 0.1) is 0 Å². The normalized spacial score (nSPS) is 24.6. The Hall–Kier alpha value is -0.570. The van der Waals surface area contributed by atoms with Crippen molar-refractivity contribution >= 4 is 5.91 Å². The fourth-order valence-corrected chi connectivity index (χ4v) is 2.40. The minimum Gasteiger partial charge on any atom is -0.353 e. The molecule has 0 spiro atoms. The Balaban J connectivity index is 2.07. The number of unbranched alkanes of at least 4 members (excludes halogenated alkanes) is 4. The average Bonchev–Trinajstić information content (AvgIpc) is 2.32. The van der Waals surface area contributed by atoms with Crippen molar-refractivity contribution < 1.29 is 4.79 Å². The Morgan fingerprint density at radius 3 is 2.76 bits per heavy atom. The number of rotatable bonds is 7. The summed E-state index contributed by atoms with van der Waals surface area (Å²) in [5.74, 6) is 0.813. The van der Waals surface area contributed by atoms with Crippen molar-refractivity contribution in [2.24, 2.45) is 5.92 Å². The van der Waals surface area contributed by atoms with Gasteiger partial charge in [0.2, 0.25) is 5.91 Å². The molecule has 2 N–H and O–H groups in total. The molecule has 0 aromatic carbocycles. The topological polar surface area (TPSA) is 41.1 Å². The summed E-state index contributed by atoms with van der Waals surface area (Å²) >= 11 is 0. The zero-order valence-corrected chi connectivity index (χ0v) is 11.4. The summed E-state index contributed by atoms with van der Waals surface area (Å²) in [6.45, 7) is 6.48. The molecule has 2 unspecified atom stereocenters. The summed E-state index contributed by atoms with van der Waals surface area (Å²) in [4.78, 5) is 11.8. The highest BCUT2D eigenvalue weighted by Crippen LogP contribution is 2.11. The van der Waals surface area contributed by atoms with E-state index < -0.39 is 0 Å². The lowest BCUT2D eigenvalue weighted by atomic mass is 9.95. The number of nitrogens with one attached hydrogen (secondary N) is 2. The maximum Gasteiger partial charge on any atom is 0.220 e. The van der Waals surface area contributed by atoms with Gasteiger partial charge in [-0.3, -0.25) is 4.79 Å². The number of carbonyl (C=O) groups excluding carboxylic acids is 1. The SMILES string of the molecule is CCCCCCCC(=O)NC1CCNCC1C. The highest BCUT2D eigenvalue weighted by atomic mass is 16.1. The van der Waals surface area contributed by atoms with Crippen molar-refractivity contribution in [3.05, 3.63) is 0 Å². The van der Waals surface area contributed by atoms with Crippen molar-refractivity contribution in [1.29, 1.82) is 0 Å². The molecule has 0 bridgehead atoms. The molecule has 3 heteroatoms. The summed E-state index contributed by atoms with van der Waals surface area (Å²) in [5, 5.41) is 6.53. The molecule has 1 heterocycles. The van der Waals surface area contributed by atoms with Crippen LogP contribution in [0.1, 0.15) is 58.8 Å². The Labute approximate surface area is 106 Å². The molecule has 1 aliphatic rings. The van der Waals surface area contributed by atoms with E-state index in [0.717, 1.165) is 25.9 Å². The van der Waals surface area contributed by atoms with Gasteiger partial charge < -0.3 is 10.6 Å². The van der Waals surface area contributed by atoms with Crippen LogP contribution in [0, 0.1) is 5.92 Å². The summed E-state index contributed by atoms with van der Waals surface area (Å²) in [7, 11) is 0. The second-order valence-electron chi connectivity index (χ2n) is 5.31. The lowest BCUT2D eigenvalue weighted by Gasteiger charge is -2.30. The van der Waals surface area contributed by atoms with Crippen molar-refractivity contribution in [2.45, 2.75) is 64.8 Å². The molecule has 0 aromatic rings. The smallest absolute Gasteiger partial charge is 0.220 e. The van der Waals surface area contributed by atoms with Gasteiger partial charge >= 0.3 is 0 Å². The van der Waals surface area contributed by atoms with Crippen molar-refractivity contribution in [3.8, 4) is 0 Å². The van der Waals surface area contributed by atoms with Crippen molar-refractivity contribution in [2.75, 3.05) is 13.1 Å². The van der Waals surface area contributed by atoms with E-state index in [4.69, 9.17) is 0 Å². The molecule has 1 rings (SSSR count). The molecule has 1 amide bonds. The molecule has 17 heavy (non-hydrogen) atoms. The minimum atomic E-state index is 0.250. The van der Waals surface area contributed by atoms with Gasteiger partial charge in [-0.1, -0.05) is 39.5 Å². The average molecular weight is 240 g/mol. The molecule has 1 fully saturated rings. The third-order valence-corrected chi connectivity index (χ3v) is 3.64. The first kappa shape index (κ1) is 14.5. The lowest BCUT2D eigenvalue weighted by Crippen LogP contribution is -2.48. The molecule has 0 saturated carbocycles. The van der Waals surface area contributed by atoms with Crippen LogP contribution in [0.4, 0.5) is 0 Å². The third kappa shape index (κ3) is 6.06. The standard InChI is InChI=1S/C14H28N2O/c1-3-4-5-6-7-8-14(17)16-13-9-10-15-11-12(13)2/h12-13,15H,3-11H2,1-2H3,(H,16,17). The fraction of sp³-hybridized carbons (Fsp3) is 0.929. The van der Waals surface area contributed by atoms with Gasteiger partial charge in [0, 0.05) is 12.5 Å². The summed E-state index contributed by atoms with van der Waals surface area (Å²) < 4.78 is 0. The maximum atomic E-state index is 11.8. The van der Waals surface area contributed by atoms with Gasteiger partial charge in [0.1, 0.15) is 0 Å². The molecule has 2 atom stereocenters. The van der Waals surface area contributed by atoms with Gasteiger partial charge in [-0.2, -0.15) is 0 Å². The first-order valence-electron chi connectivity index (χ1n) is 7.24. The zero-order chi connectivity index (χ0) is 12.5. The van der Waals surface area contributed by atoms with Gasteiger partial charge in [-0.25, -0.2) is 0 Å². The van der Waals surface area contributed by atoms with Crippen LogP contribution in [0.15, 0.2) is 0 Å². The van der Waals surface area contributed by atoms with E-state index in [2.05, 4.69) is 24.5 Å². The van der Waals surface area contributed by atoms with Crippen LogP contribution in [0.5, 0.6) is 0 Å². The van der Waals surface area contributed by atoms with Crippen LogP contribution >= 0.6 is 0 Å². The molecule has 1 saturated heterocycles. The van der Waals surface area contributed by atoms with Crippen molar-refractivity contribution in [1.82, 2.24) is 10.6 Å². The first-order valence-corrected chi connectivity index (χ1v) is 7.24. The lowest BCUT2D eigenvalue weighted by molar-refractivity contribution is -0.122. The molecular formula is C14H28N2O. The van der Waals surface area contributed by atoms with Crippen LogP contribution in [0.3, 0.4) is 0 Å². The summed E-state index contributed by atoms with van der Waals surface area (Å²) in [5.41, 5.74) is 0. The molecule has 0 aromatic heterocycles. The van der Waals surface area contributed by atoms with Gasteiger partial charge in [-0.05, 0) is 31.8 Å². The molecular weight excluding hydrogens is 212 g/mol.